The maximum absolute atomic E-state index is 7.96. The molecule has 8 heteroatoms. The molecule has 0 radical (unpaired) electrons. The van der Waals surface area contributed by atoms with Gasteiger partial charge in [-0.05, 0) is 87.3 Å². The van der Waals surface area contributed by atoms with Gasteiger partial charge >= 0.3 is 0 Å². The summed E-state index contributed by atoms with van der Waals surface area (Å²) in [5.41, 5.74) is 5.11. The van der Waals surface area contributed by atoms with E-state index in [1.165, 1.54) is 5.56 Å². The number of hydrogen-bond donors (Lipinski definition) is 0. The minimum absolute atomic E-state index is 0.0352. The minimum Gasteiger partial charge on any atom is -0.497 e. The molecule has 0 N–H and O–H groups in total. The van der Waals surface area contributed by atoms with Crippen molar-refractivity contribution in [2.24, 2.45) is 17.8 Å². The Bertz CT molecular complexity index is 1400. The highest BCUT2D eigenvalue weighted by molar-refractivity contribution is 6.78. The van der Waals surface area contributed by atoms with Gasteiger partial charge in [0.05, 0.1) is 51.5 Å². The summed E-state index contributed by atoms with van der Waals surface area (Å²) >= 11 is 0. The van der Waals surface area contributed by atoms with E-state index in [9.17, 15) is 0 Å². The van der Waals surface area contributed by atoms with Gasteiger partial charge in [-0.2, -0.15) is 0 Å². The van der Waals surface area contributed by atoms with E-state index in [0.29, 0.717) is 71.5 Å². The van der Waals surface area contributed by atoms with E-state index >= 15 is 0 Å². The number of allylic oxidation sites excluding steroid dienone is 2. The van der Waals surface area contributed by atoms with Crippen molar-refractivity contribution >= 4 is 16.6 Å². The van der Waals surface area contributed by atoms with Gasteiger partial charge in [-0.15, -0.1) is 0 Å². The fraction of sp³-hybridized carbons (Fsp3) is 0.714. The highest BCUT2D eigenvalue weighted by atomic mass is 28.4. The molecule has 0 fully saturated rings. The molecule has 0 amide bonds. The largest absolute Gasteiger partial charge is 0.497 e. The van der Waals surface area contributed by atoms with Crippen molar-refractivity contribution in [2.75, 3.05) is 20.3 Å². The number of benzene rings is 2. The van der Waals surface area contributed by atoms with E-state index in [1.54, 1.807) is 7.11 Å². The molecule has 57 heavy (non-hydrogen) atoms. The molecule has 6 atom stereocenters. The van der Waals surface area contributed by atoms with Gasteiger partial charge < -0.3 is 27.8 Å². The van der Waals surface area contributed by atoms with Crippen LogP contribution in [0, 0.1) is 17.8 Å². The number of methoxy groups -OCH3 is 1. The van der Waals surface area contributed by atoms with Gasteiger partial charge in [-0.1, -0.05) is 146 Å². The Morgan fingerprint density at radius 1 is 0.649 bits per heavy atom. The SMILES string of the molecule is COc1ccc(COC[C@@H]2C[C@@H](C)C=C(C[C@@H](C)C[C@H](O[Si](C(C)C)(C(C)C)C(C)C)[C@@H](O[Si](C(C)C)(C(C)C)C(C)C)[C@@H](C)COCc3ccccc3)O2)cc1. The second-order valence-electron chi connectivity index (χ2n) is 19.3. The average Bonchev–Trinajstić information content (AvgIpc) is 3.13. The standard InChI is InChI=1S/C49H84O6Si2/c1-34(2)56(35(3)4,36(5)6)54-48(29-41(14)27-46-26-40(13)28-47(53-46)33-52-32-44-22-24-45(50-16)25-23-44)49(55-57(37(7)8,38(9)10)39(11)12)42(15)30-51-31-43-20-18-17-19-21-43/h17-26,34-42,47-49H,27-33H2,1-16H3/t40-,41+,42-,47-,48-,49-/m0/s1. The van der Waals surface area contributed by atoms with E-state index < -0.39 is 16.6 Å². The van der Waals surface area contributed by atoms with Crippen molar-refractivity contribution in [3.05, 3.63) is 77.6 Å². The molecule has 3 rings (SSSR count). The lowest BCUT2D eigenvalue weighted by molar-refractivity contribution is -0.0413. The van der Waals surface area contributed by atoms with Crippen molar-refractivity contribution in [1.29, 1.82) is 0 Å². The number of ether oxygens (including phenoxy) is 4. The Kier molecular flexibility index (Phi) is 20.1. The topological polar surface area (TPSA) is 55.4 Å². The molecule has 0 unspecified atom stereocenters. The average molecular weight is 825 g/mol. The van der Waals surface area contributed by atoms with Crippen molar-refractivity contribution < 1.29 is 27.8 Å². The molecule has 0 aromatic heterocycles. The predicted octanol–water partition coefficient (Wildman–Crippen LogP) is 13.9. The van der Waals surface area contributed by atoms with Gasteiger partial charge in [0.25, 0.3) is 0 Å². The fourth-order valence-corrected chi connectivity index (χ4v) is 21.6. The lowest BCUT2D eigenvalue weighted by Crippen LogP contribution is -2.58. The van der Waals surface area contributed by atoms with Crippen LogP contribution in [0.3, 0.4) is 0 Å². The van der Waals surface area contributed by atoms with Crippen LogP contribution >= 0.6 is 0 Å². The highest BCUT2D eigenvalue weighted by Gasteiger charge is 2.52. The summed E-state index contributed by atoms with van der Waals surface area (Å²) in [5, 5.41) is 0. The molecular formula is C49H84O6Si2. The lowest BCUT2D eigenvalue weighted by atomic mass is 9.90. The fourth-order valence-electron chi connectivity index (χ4n) is 10.3. The molecule has 324 valence electrons. The minimum atomic E-state index is -2.31. The summed E-state index contributed by atoms with van der Waals surface area (Å²) in [6.07, 6.45) is 4.96. The van der Waals surface area contributed by atoms with Crippen LogP contribution < -0.4 is 4.74 Å². The zero-order valence-corrected chi connectivity index (χ0v) is 41.1. The lowest BCUT2D eigenvalue weighted by Gasteiger charge is -2.51. The Hall–Kier alpha value is -1.95. The Morgan fingerprint density at radius 3 is 1.68 bits per heavy atom. The van der Waals surface area contributed by atoms with Gasteiger partial charge in [0.1, 0.15) is 11.9 Å². The second-order valence-corrected chi connectivity index (χ2v) is 30.2. The first-order valence-electron chi connectivity index (χ1n) is 22.4. The van der Waals surface area contributed by atoms with E-state index in [4.69, 9.17) is 27.8 Å². The maximum Gasteiger partial charge on any atom is 0.200 e. The van der Waals surface area contributed by atoms with E-state index in [1.807, 2.05) is 12.1 Å². The Labute approximate surface area is 352 Å². The van der Waals surface area contributed by atoms with Crippen molar-refractivity contribution in [1.82, 2.24) is 0 Å². The maximum atomic E-state index is 7.96. The van der Waals surface area contributed by atoms with Crippen LogP contribution in [-0.4, -0.2) is 55.3 Å². The van der Waals surface area contributed by atoms with Crippen LogP contribution in [0.1, 0.15) is 134 Å². The van der Waals surface area contributed by atoms with E-state index in [-0.39, 0.29) is 24.2 Å². The summed E-state index contributed by atoms with van der Waals surface area (Å²) in [6.45, 7) is 38.2. The number of hydrogen-bond acceptors (Lipinski definition) is 6. The second kappa shape index (κ2) is 23.2. The molecule has 1 aliphatic heterocycles. The quantitative estimate of drug-likeness (QED) is 0.0930. The molecule has 0 aliphatic carbocycles. The van der Waals surface area contributed by atoms with Crippen LogP contribution in [-0.2, 0) is 36.3 Å². The van der Waals surface area contributed by atoms with Gasteiger partial charge in [0.2, 0.25) is 16.6 Å². The van der Waals surface area contributed by atoms with Crippen LogP contribution in [0.15, 0.2) is 66.4 Å². The first-order valence-corrected chi connectivity index (χ1v) is 26.7. The Balaban J connectivity index is 1.95. The van der Waals surface area contributed by atoms with Crippen LogP contribution in [0.5, 0.6) is 5.75 Å². The van der Waals surface area contributed by atoms with Crippen molar-refractivity contribution in [3.63, 3.8) is 0 Å². The summed E-state index contributed by atoms with van der Waals surface area (Å²) in [5.74, 6) is 2.84. The van der Waals surface area contributed by atoms with E-state index in [2.05, 4.69) is 152 Å². The van der Waals surface area contributed by atoms with Gasteiger partial charge in [0, 0.05) is 12.3 Å². The molecule has 6 nitrogen and oxygen atoms in total. The van der Waals surface area contributed by atoms with Gasteiger partial charge in [-0.25, -0.2) is 0 Å². The first-order chi connectivity index (χ1) is 26.9. The normalized spacial score (nSPS) is 19.0. The molecule has 0 saturated heterocycles. The summed E-state index contributed by atoms with van der Waals surface area (Å²) in [7, 11) is -2.92. The van der Waals surface area contributed by atoms with Crippen molar-refractivity contribution in [3.8, 4) is 5.75 Å². The molecule has 1 heterocycles. The third kappa shape index (κ3) is 13.5. The molecule has 0 saturated carbocycles. The van der Waals surface area contributed by atoms with Gasteiger partial charge in [0.15, 0.2) is 0 Å². The summed E-state index contributed by atoms with van der Waals surface area (Å²) in [6, 6.07) is 18.6. The Morgan fingerprint density at radius 2 is 1.16 bits per heavy atom. The molecule has 0 spiro atoms. The molecular weight excluding hydrogens is 741 g/mol. The predicted molar refractivity (Wildman–Crippen MR) is 245 cm³/mol. The third-order valence-electron chi connectivity index (χ3n) is 12.9. The van der Waals surface area contributed by atoms with E-state index in [0.717, 1.165) is 36.3 Å². The molecule has 0 bridgehead atoms. The monoisotopic (exact) mass is 825 g/mol. The van der Waals surface area contributed by atoms with Crippen molar-refractivity contribution in [2.45, 2.75) is 188 Å². The summed E-state index contributed by atoms with van der Waals surface area (Å²) in [4.78, 5) is 0. The zero-order chi connectivity index (χ0) is 42.5. The van der Waals surface area contributed by atoms with Crippen LogP contribution in [0.4, 0.5) is 0 Å². The van der Waals surface area contributed by atoms with Crippen LogP contribution in [0.2, 0.25) is 33.2 Å². The van der Waals surface area contributed by atoms with Crippen LogP contribution in [0.25, 0.3) is 0 Å². The highest BCUT2D eigenvalue weighted by Crippen LogP contribution is 2.48. The third-order valence-corrected chi connectivity index (χ3v) is 25.1. The smallest absolute Gasteiger partial charge is 0.200 e. The zero-order valence-electron chi connectivity index (χ0n) is 39.1. The van der Waals surface area contributed by atoms with Gasteiger partial charge in [-0.3, -0.25) is 0 Å². The number of rotatable bonds is 25. The summed E-state index contributed by atoms with van der Waals surface area (Å²) < 4.78 is 40.7. The first kappa shape index (κ1) is 49.4. The molecule has 2 aromatic rings. The molecule has 1 aliphatic rings. The molecule has 2 aromatic carbocycles.